The zero-order valence-electron chi connectivity index (χ0n) is 11.3. The van der Waals surface area contributed by atoms with E-state index >= 15 is 0 Å². The Kier molecular flexibility index (Phi) is 5.72. The molecule has 19 heavy (non-hydrogen) atoms. The van der Waals surface area contributed by atoms with Gasteiger partial charge in [-0.2, -0.15) is 0 Å². The van der Waals surface area contributed by atoms with Gasteiger partial charge in [0.15, 0.2) is 5.69 Å². The van der Waals surface area contributed by atoms with Gasteiger partial charge in [-0.15, -0.1) is 0 Å². The summed E-state index contributed by atoms with van der Waals surface area (Å²) in [6.07, 6.45) is 3.69. The number of aromatic nitrogens is 2. The first-order valence-electron chi connectivity index (χ1n) is 5.96. The molecule has 1 heterocycles. The second-order valence-corrected chi connectivity index (χ2v) is 3.96. The summed E-state index contributed by atoms with van der Waals surface area (Å²) in [5, 5.41) is 2.76. The molecule has 7 nitrogen and oxygen atoms in total. The van der Waals surface area contributed by atoms with Crippen LogP contribution in [-0.4, -0.2) is 49.1 Å². The van der Waals surface area contributed by atoms with Crippen molar-refractivity contribution >= 4 is 17.7 Å². The van der Waals surface area contributed by atoms with E-state index in [9.17, 15) is 9.59 Å². The molecule has 0 aromatic carbocycles. The summed E-state index contributed by atoms with van der Waals surface area (Å²) in [6, 6.07) is 0. The fourth-order valence-corrected chi connectivity index (χ4v) is 1.36. The first-order chi connectivity index (χ1) is 9.08. The molecule has 0 saturated heterocycles. The number of hydrogen-bond acceptors (Lipinski definition) is 6. The van der Waals surface area contributed by atoms with Gasteiger partial charge in [0.25, 0.3) is 0 Å². The van der Waals surface area contributed by atoms with Crippen LogP contribution >= 0.6 is 0 Å². The van der Waals surface area contributed by atoms with Crippen molar-refractivity contribution in [2.24, 2.45) is 0 Å². The molecular formula is C12H18N4O3. The van der Waals surface area contributed by atoms with E-state index in [1.165, 1.54) is 19.5 Å². The van der Waals surface area contributed by atoms with Crippen LogP contribution in [0.4, 0.5) is 5.82 Å². The molecule has 0 atom stereocenters. The molecule has 1 amide bonds. The Labute approximate surface area is 112 Å². The van der Waals surface area contributed by atoms with Crippen LogP contribution in [0.5, 0.6) is 0 Å². The average molecular weight is 266 g/mol. The molecule has 1 aromatic rings. The molecule has 0 spiro atoms. The lowest BCUT2D eigenvalue weighted by molar-refractivity contribution is -0.119. The summed E-state index contributed by atoms with van der Waals surface area (Å²) in [6.45, 7) is 2.77. The Morgan fingerprint density at radius 3 is 2.79 bits per heavy atom. The van der Waals surface area contributed by atoms with E-state index in [4.69, 9.17) is 0 Å². The van der Waals surface area contributed by atoms with Gasteiger partial charge >= 0.3 is 5.97 Å². The van der Waals surface area contributed by atoms with Crippen molar-refractivity contribution in [3.8, 4) is 0 Å². The molecule has 0 saturated carbocycles. The number of amides is 1. The number of anilines is 1. The number of likely N-dealkylation sites (N-methyl/N-ethyl adjacent to an activating group) is 1. The van der Waals surface area contributed by atoms with E-state index in [1.807, 2.05) is 6.92 Å². The van der Waals surface area contributed by atoms with Gasteiger partial charge in [0.1, 0.15) is 5.82 Å². The van der Waals surface area contributed by atoms with Crippen LogP contribution in [0.1, 0.15) is 23.8 Å². The van der Waals surface area contributed by atoms with Gasteiger partial charge in [-0.1, -0.05) is 6.92 Å². The van der Waals surface area contributed by atoms with Crippen LogP contribution in [0, 0.1) is 0 Å². The van der Waals surface area contributed by atoms with E-state index in [1.54, 1.807) is 11.9 Å². The topological polar surface area (TPSA) is 84.4 Å². The second-order valence-electron chi connectivity index (χ2n) is 3.96. The third kappa shape index (κ3) is 4.53. The predicted octanol–water partition coefficient (Wildman–Crippen LogP) is 0.226. The molecular weight excluding hydrogens is 248 g/mol. The van der Waals surface area contributed by atoms with Crippen LogP contribution in [0.25, 0.3) is 0 Å². The second kappa shape index (κ2) is 7.30. The number of carbonyl (C=O) groups is 2. The molecule has 0 aliphatic carbocycles. The maximum Gasteiger partial charge on any atom is 0.358 e. The Morgan fingerprint density at radius 2 is 2.16 bits per heavy atom. The minimum atomic E-state index is -0.557. The van der Waals surface area contributed by atoms with Crippen LogP contribution in [0.15, 0.2) is 12.4 Å². The zero-order chi connectivity index (χ0) is 14.3. The quantitative estimate of drug-likeness (QED) is 0.742. The molecule has 1 aromatic heterocycles. The molecule has 0 fully saturated rings. The number of nitrogens with one attached hydrogen (secondary N) is 1. The average Bonchev–Trinajstić information content (AvgIpc) is 2.44. The zero-order valence-corrected chi connectivity index (χ0v) is 11.3. The molecule has 0 radical (unpaired) electrons. The van der Waals surface area contributed by atoms with Crippen LogP contribution in [0.3, 0.4) is 0 Å². The van der Waals surface area contributed by atoms with E-state index in [0.29, 0.717) is 12.4 Å². The van der Waals surface area contributed by atoms with Gasteiger partial charge < -0.3 is 15.0 Å². The number of rotatable bonds is 6. The number of nitrogens with zero attached hydrogens (tertiary/aromatic N) is 3. The van der Waals surface area contributed by atoms with Crippen LogP contribution < -0.4 is 10.2 Å². The van der Waals surface area contributed by atoms with Gasteiger partial charge in [0, 0.05) is 13.6 Å². The Bertz CT molecular complexity index is 450. The number of esters is 1. The Morgan fingerprint density at radius 1 is 1.42 bits per heavy atom. The van der Waals surface area contributed by atoms with Crippen molar-refractivity contribution in [1.82, 2.24) is 15.3 Å². The summed E-state index contributed by atoms with van der Waals surface area (Å²) in [5.74, 6) is -0.220. The Hall–Kier alpha value is -2.18. The molecule has 0 unspecified atom stereocenters. The van der Waals surface area contributed by atoms with Crippen molar-refractivity contribution in [2.75, 3.05) is 32.1 Å². The first-order valence-corrected chi connectivity index (χ1v) is 5.96. The van der Waals surface area contributed by atoms with Crippen molar-refractivity contribution < 1.29 is 14.3 Å². The molecule has 1 rings (SSSR count). The Balaban J connectivity index is 2.69. The van der Waals surface area contributed by atoms with E-state index in [2.05, 4.69) is 20.0 Å². The van der Waals surface area contributed by atoms with Gasteiger partial charge in [0.2, 0.25) is 5.91 Å². The maximum atomic E-state index is 11.6. The molecule has 0 aliphatic heterocycles. The fraction of sp³-hybridized carbons (Fsp3) is 0.500. The molecule has 0 aliphatic rings. The summed E-state index contributed by atoms with van der Waals surface area (Å²) < 4.78 is 4.57. The summed E-state index contributed by atoms with van der Waals surface area (Å²) in [5.41, 5.74) is 0.112. The largest absolute Gasteiger partial charge is 0.464 e. The van der Waals surface area contributed by atoms with Gasteiger partial charge in [0.05, 0.1) is 26.0 Å². The highest BCUT2D eigenvalue weighted by atomic mass is 16.5. The number of carbonyl (C=O) groups excluding carboxylic acids is 2. The lowest BCUT2D eigenvalue weighted by Gasteiger charge is -2.17. The smallest absolute Gasteiger partial charge is 0.358 e. The minimum absolute atomic E-state index is 0.102. The van der Waals surface area contributed by atoms with Crippen molar-refractivity contribution in [3.63, 3.8) is 0 Å². The highest BCUT2D eigenvalue weighted by molar-refractivity contribution is 5.87. The molecule has 104 valence electrons. The maximum absolute atomic E-state index is 11.6. The van der Waals surface area contributed by atoms with Crippen molar-refractivity contribution in [3.05, 3.63) is 18.1 Å². The lowest BCUT2D eigenvalue weighted by Crippen LogP contribution is -2.36. The highest BCUT2D eigenvalue weighted by Crippen LogP contribution is 2.07. The highest BCUT2D eigenvalue weighted by Gasteiger charge is 2.12. The monoisotopic (exact) mass is 266 g/mol. The van der Waals surface area contributed by atoms with Crippen molar-refractivity contribution in [1.29, 1.82) is 0 Å². The standard InChI is InChI=1S/C12H18N4O3/c1-4-5-14-11(17)8-16(2)10-7-13-6-9(15-10)12(18)19-3/h6-7H,4-5,8H2,1-3H3,(H,14,17). The first kappa shape index (κ1) is 14.9. The van der Waals surface area contributed by atoms with Crippen LogP contribution in [0.2, 0.25) is 0 Å². The molecule has 1 N–H and O–H groups in total. The summed E-state index contributed by atoms with van der Waals surface area (Å²) >= 11 is 0. The molecule has 7 heteroatoms. The minimum Gasteiger partial charge on any atom is -0.464 e. The number of ether oxygens (including phenoxy) is 1. The van der Waals surface area contributed by atoms with Crippen molar-refractivity contribution in [2.45, 2.75) is 13.3 Å². The van der Waals surface area contributed by atoms with Gasteiger partial charge in [-0.3, -0.25) is 9.78 Å². The fourth-order valence-electron chi connectivity index (χ4n) is 1.36. The SMILES string of the molecule is CCCNC(=O)CN(C)c1cncc(C(=O)OC)n1. The van der Waals surface area contributed by atoms with E-state index in [0.717, 1.165) is 6.42 Å². The lowest BCUT2D eigenvalue weighted by atomic mass is 10.4. The van der Waals surface area contributed by atoms with E-state index < -0.39 is 5.97 Å². The summed E-state index contributed by atoms with van der Waals surface area (Å²) in [7, 11) is 2.98. The third-order valence-electron chi connectivity index (χ3n) is 2.36. The van der Waals surface area contributed by atoms with Gasteiger partial charge in [-0.05, 0) is 6.42 Å². The normalized spacial score (nSPS) is 9.84. The van der Waals surface area contributed by atoms with Crippen LogP contribution in [-0.2, 0) is 9.53 Å². The van der Waals surface area contributed by atoms with Gasteiger partial charge in [-0.25, -0.2) is 9.78 Å². The number of methoxy groups -OCH3 is 1. The third-order valence-corrected chi connectivity index (χ3v) is 2.36. The van der Waals surface area contributed by atoms with E-state index in [-0.39, 0.29) is 18.1 Å². The number of hydrogen-bond donors (Lipinski definition) is 1. The molecule has 0 bridgehead atoms. The summed E-state index contributed by atoms with van der Waals surface area (Å²) in [4.78, 5) is 32.5. The predicted molar refractivity (Wildman–Crippen MR) is 69.9 cm³/mol.